The summed E-state index contributed by atoms with van der Waals surface area (Å²) in [5.41, 5.74) is 1.87. The molecule has 0 saturated carbocycles. The zero-order valence-electron chi connectivity index (χ0n) is 22.3. The monoisotopic (exact) mass is 557 g/mol. The maximum absolute atomic E-state index is 13.4. The molecule has 0 N–H and O–H groups in total. The molecular weight excluding hydrogens is 526 g/mol. The molecule has 1 aliphatic heterocycles. The summed E-state index contributed by atoms with van der Waals surface area (Å²) in [6.45, 7) is 3.59. The van der Waals surface area contributed by atoms with Gasteiger partial charge in [0.1, 0.15) is 0 Å². The second-order valence-corrected chi connectivity index (χ2v) is 11.4. The van der Waals surface area contributed by atoms with Gasteiger partial charge < -0.3 is 14.5 Å². The number of para-hydroxylation sites is 1. The van der Waals surface area contributed by atoms with Crippen LogP contribution in [0.2, 0.25) is 0 Å². The third-order valence-electron chi connectivity index (χ3n) is 7.07. The average molecular weight is 558 g/mol. The molecule has 0 spiro atoms. The van der Waals surface area contributed by atoms with Gasteiger partial charge in [-0.25, -0.2) is 13.2 Å². The third-order valence-corrected chi connectivity index (χ3v) is 8.96. The van der Waals surface area contributed by atoms with Gasteiger partial charge in [0.05, 0.1) is 16.1 Å². The van der Waals surface area contributed by atoms with Crippen LogP contribution in [-0.4, -0.2) is 63.9 Å². The van der Waals surface area contributed by atoms with Crippen LogP contribution >= 0.6 is 0 Å². The SMILES string of the molecule is CCN(C(=O)COC(=O)c1cccc(S(=O)(=O)N2CCN(c3ccccc3)CC2)c1)c1cccc2ccccc12. The normalized spacial score (nSPS) is 14.2. The second-order valence-electron chi connectivity index (χ2n) is 9.47. The van der Waals surface area contributed by atoms with E-state index in [9.17, 15) is 18.0 Å². The summed E-state index contributed by atoms with van der Waals surface area (Å²) in [4.78, 5) is 29.7. The smallest absolute Gasteiger partial charge is 0.338 e. The Morgan fingerprint density at radius 2 is 1.50 bits per heavy atom. The first-order valence-corrected chi connectivity index (χ1v) is 14.7. The van der Waals surface area contributed by atoms with Crippen LogP contribution in [0, 0.1) is 0 Å². The number of nitrogens with zero attached hydrogens (tertiary/aromatic N) is 3. The molecule has 1 fully saturated rings. The summed E-state index contributed by atoms with van der Waals surface area (Å²) in [5.74, 6) is -1.12. The van der Waals surface area contributed by atoms with Gasteiger partial charge >= 0.3 is 5.97 Å². The fourth-order valence-electron chi connectivity index (χ4n) is 4.97. The highest BCUT2D eigenvalue weighted by molar-refractivity contribution is 7.89. The number of likely N-dealkylation sites (N-methyl/N-ethyl adjacent to an activating group) is 1. The van der Waals surface area contributed by atoms with E-state index < -0.39 is 22.6 Å². The summed E-state index contributed by atoms with van der Waals surface area (Å²) < 4.78 is 33.5. The molecule has 5 rings (SSSR count). The highest BCUT2D eigenvalue weighted by atomic mass is 32.2. The maximum atomic E-state index is 13.4. The van der Waals surface area contributed by atoms with Gasteiger partial charge in [-0.2, -0.15) is 4.31 Å². The Morgan fingerprint density at radius 1 is 0.825 bits per heavy atom. The van der Waals surface area contributed by atoms with Gasteiger partial charge in [-0.05, 0) is 48.7 Å². The number of piperazine rings is 1. The lowest BCUT2D eigenvalue weighted by atomic mass is 10.1. The number of carbonyl (C=O) groups excluding carboxylic acids is 2. The Kier molecular flexibility index (Phi) is 8.14. The van der Waals surface area contributed by atoms with Gasteiger partial charge in [-0.15, -0.1) is 0 Å². The van der Waals surface area contributed by atoms with Gasteiger partial charge in [0.25, 0.3) is 5.91 Å². The molecule has 206 valence electrons. The van der Waals surface area contributed by atoms with Crippen molar-refractivity contribution in [3.05, 3.63) is 103 Å². The minimum atomic E-state index is -3.81. The van der Waals surface area contributed by atoms with Gasteiger partial charge in [0.2, 0.25) is 10.0 Å². The Hall–Kier alpha value is -4.21. The average Bonchev–Trinajstić information content (AvgIpc) is 3.01. The number of anilines is 2. The molecule has 0 aliphatic carbocycles. The number of amides is 1. The molecule has 9 heteroatoms. The standard InChI is InChI=1S/C31H31N3O5S/c1-2-34(29-17-9-11-24-10-6-7-16-28(24)29)30(35)23-39-31(36)25-12-8-15-27(22-25)40(37,38)33-20-18-32(19-21-33)26-13-4-3-5-14-26/h3-17,22H,2,18-21,23H2,1H3. The zero-order valence-corrected chi connectivity index (χ0v) is 23.1. The van der Waals surface area contributed by atoms with E-state index in [0.29, 0.717) is 32.7 Å². The topological polar surface area (TPSA) is 87.2 Å². The summed E-state index contributed by atoms with van der Waals surface area (Å²) >= 11 is 0. The Balaban J connectivity index is 1.24. The van der Waals surface area contributed by atoms with Crippen LogP contribution in [0.15, 0.2) is 102 Å². The molecule has 1 aliphatic rings. The van der Waals surface area contributed by atoms with E-state index in [1.54, 1.807) is 4.90 Å². The maximum Gasteiger partial charge on any atom is 0.338 e. The molecular formula is C31H31N3O5S. The van der Waals surface area contributed by atoms with Crippen molar-refractivity contribution in [3.8, 4) is 0 Å². The van der Waals surface area contributed by atoms with E-state index in [4.69, 9.17) is 4.74 Å². The highest BCUT2D eigenvalue weighted by Crippen LogP contribution is 2.27. The number of sulfonamides is 1. The fourth-order valence-corrected chi connectivity index (χ4v) is 6.44. The molecule has 0 radical (unpaired) electrons. The number of hydrogen-bond donors (Lipinski definition) is 0. The lowest BCUT2D eigenvalue weighted by Crippen LogP contribution is -2.48. The number of carbonyl (C=O) groups is 2. The summed E-state index contributed by atoms with van der Waals surface area (Å²) in [5, 5.41) is 1.93. The van der Waals surface area contributed by atoms with Crippen LogP contribution in [-0.2, 0) is 19.6 Å². The Labute approximate surface area is 234 Å². The third kappa shape index (κ3) is 5.71. The number of esters is 1. The molecule has 40 heavy (non-hydrogen) atoms. The molecule has 0 unspecified atom stereocenters. The first-order valence-electron chi connectivity index (χ1n) is 13.2. The molecule has 1 heterocycles. The summed E-state index contributed by atoms with van der Waals surface area (Å²) in [6.07, 6.45) is 0. The first-order chi connectivity index (χ1) is 19.4. The summed E-state index contributed by atoms with van der Waals surface area (Å²) in [7, 11) is -3.81. The minimum absolute atomic E-state index is 0.0207. The van der Waals surface area contributed by atoms with Crippen molar-refractivity contribution in [2.75, 3.05) is 49.1 Å². The molecule has 1 saturated heterocycles. The van der Waals surface area contributed by atoms with Gasteiger partial charge in [0, 0.05) is 43.8 Å². The van der Waals surface area contributed by atoms with E-state index in [-0.39, 0.29) is 16.4 Å². The van der Waals surface area contributed by atoms with Crippen molar-refractivity contribution in [2.24, 2.45) is 0 Å². The van der Waals surface area contributed by atoms with Crippen LogP contribution in [0.4, 0.5) is 11.4 Å². The predicted octanol–water partition coefficient (Wildman–Crippen LogP) is 4.56. The minimum Gasteiger partial charge on any atom is -0.452 e. The molecule has 1 amide bonds. The van der Waals surface area contributed by atoms with Crippen molar-refractivity contribution in [1.82, 2.24) is 4.31 Å². The van der Waals surface area contributed by atoms with Crippen LogP contribution in [0.3, 0.4) is 0 Å². The zero-order chi connectivity index (χ0) is 28.1. The number of rotatable bonds is 8. The fraction of sp³-hybridized carbons (Fsp3) is 0.226. The van der Waals surface area contributed by atoms with Gasteiger partial charge in [-0.3, -0.25) is 4.79 Å². The van der Waals surface area contributed by atoms with Crippen molar-refractivity contribution >= 4 is 44.0 Å². The first kappa shape index (κ1) is 27.4. The molecule has 4 aromatic carbocycles. The number of hydrogen-bond acceptors (Lipinski definition) is 6. The summed E-state index contributed by atoms with van der Waals surface area (Å²) in [6, 6.07) is 29.1. The number of fused-ring (bicyclic) bond motifs is 1. The molecule has 0 bridgehead atoms. The van der Waals surface area contributed by atoms with Crippen LogP contribution < -0.4 is 9.80 Å². The van der Waals surface area contributed by atoms with Gasteiger partial charge in [0.15, 0.2) is 6.61 Å². The highest BCUT2D eigenvalue weighted by Gasteiger charge is 2.29. The van der Waals surface area contributed by atoms with E-state index in [1.165, 1.54) is 28.6 Å². The second kappa shape index (κ2) is 11.9. The van der Waals surface area contributed by atoms with Crippen LogP contribution in [0.5, 0.6) is 0 Å². The van der Waals surface area contributed by atoms with Gasteiger partial charge in [-0.1, -0.05) is 60.7 Å². The van der Waals surface area contributed by atoms with Crippen molar-refractivity contribution in [2.45, 2.75) is 11.8 Å². The van der Waals surface area contributed by atoms with E-state index in [2.05, 4.69) is 4.90 Å². The largest absolute Gasteiger partial charge is 0.452 e. The van der Waals surface area contributed by atoms with Crippen LogP contribution in [0.1, 0.15) is 17.3 Å². The van der Waals surface area contributed by atoms with E-state index in [0.717, 1.165) is 22.1 Å². The van der Waals surface area contributed by atoms with Crippen molar-refractivity contribution < 1.29 is 22.7 Å². The quantitative estimate of drug-likeness (QED) is 0.295. The van der Waals surface area contributed by atoms with Crippen molar-refractivity contribution in [1.29, 1.82) is 0 Å². The lowest BCUT2D eigenvalue weighted by molar-refractivity contribution is -0.121. The predicted molar refractivity (Wildman–Crippen MR) is 156 cm³/mol. The lowest BCUT2D eigenvalue weighted by Gasteiger charge is -2.35. The Morgan fingerprint density at radius 3 is 2.25 bits per heavy atom. The van der Waals surface area contributed by atoms with E-state index >= 15 is 0 Å². The number of benzene rings is 4. The van der Waals surface area contributed by atoms with E-state index in [1.807, 2.05) is 79.7 Å². The van der Waals surface area contributed by atoms with Crippen molar-refractivity contribution in [3.63, 3.8) is 0 Å². The Bertz CT molecular complexity index is 1610. The number of ether oxygens (including phenoxy) is 1. The van der Waals surface area contributed by atoms with Crippen LogP contribution in [0.25, 0.3) is 10.8 Å². The molecule has 0 aromatic heterocycles. The molecule has 8 nitrogen and oxygen atoms in total. The molecule has 0 atom stereocenters. The molecule has 4 aromatic rings.